The summed E-state index contributed by atoms with van der Waals surface area (Å²) in [5, 5.41) is 4.02. The van der Waals surface area contributed by atoms with Gasteiger partial charge >= 0.3 is 0 Å². The number of hydrogen-bond donors (Lipinski definition) is 3. The van der Waals surface area contributed by atoms with E-state index in [1.54, 1.807) is 6.20 Å². The number of amides is 1. The van der Waals surface area contributed by atoms with Crippen molar-refractivity contribution in [2.75, 3.05) is 12.3 Å². The molecule has 4 N–H and O–H groups in total. The lowest BCUT2D eigenvalue weighted by Crippen LogP contribution is -2.30. The van der Waals surface area contributed by atoms with E-state index in [1.807, 2.05) is 18.2 Å². The molecule has 1 aromatic carbocycles. The van der Waals surface area contributed by atoms with Crippen molar-refractivity contribution >= 4 is 22.5 Å². The standard InChI is InChI=1S/C16H21N3O/c1-2-5-16(6-7-16)10-19-15(20)13-9-18-14-8-11(17)3-4-12(13)14/h3-4,8-9,18H,2,5-7,10,17H2,1H3,(H,19,20). The van der Waals surface area contributed by atoms with Gasteiger partial charge in [-0.15, -0.1) is 0 Å². The summed E-state index contributed by atoms with van der Waals surface area (Å²) >= 11 is 0. The highest BCUT2D eigenvalue weighted by Gasteiger charge is 2.41. The van der Waals surface area contributed by atoms with Gasteiger partial charge in [0.25, 0.3) is 5.91 Å². The fourth-order valence-corrected chi connectivity index (χ4v) is 2.92. The molecule has 106 valence electrons. The maximum Gasteiger partial charge on any atom is 0.253 e. The van der Waals surface area contributed by atoms with Crippen molar-refractivity contribution in [2.24, 2.45) is 5.41 Å². The van der Waals surface area contributed by atoms with Gasteiger partial charge < -0.3 is 16.0 Å². The molecule has 0 aliphatic heterocycles. The van der Waals surface area contributed by atoms with Gasteiger partial charge in [0.1, 0.15) is 0 Å². The van der Waals surface area contributed by atoms with Crippen LogP contribution in [0.5, 0.6) is 0 Å². The van der Waals surface area contributed by atoms with Gasteiger partial charge in [-0.05, 0) is 42.9 Å². The predicted molar refractivity (Wildman–Crippen MR) is 81.6 cm³/mol. The van der Waals surface area contributed by atoms with Gasteiger partial charge in [-0.1, -0.05) is 13.3 Å². The van der Waals surface area contributed by atoms with E-state index in [2.05, 4.69) is 17.2 Å². The Morgan fingerprint density at radius 2 is 2.25 bits per heavy atom. The van der Waals surface area contributed by atoms with E-state index in [1.165, 1.54) is 25.7 Å². The molecule has 20 heavy (non-hydrogen) atoms. The lowest BCUT2D eigenvalue weighted by molar-refractivity contribution is 0.0945. The predicted octanol–water partition coefficient (Wildman–Crippen LogP) is 3.06. The molecule has 1 fully saturated rings. The molecule has 2 aromatic rings. The number of fused-ring (bicyclic) bond motifs is 1. The SMILES string of the molecule is CCCC1(CNC(=O)c2c[nH]c3cc(N)ccc23)CC1. The van der Waals surface area contributed by atoms with E-state index in [0.29, 0.717) is 16.7 Å². The number of H-pyrrole nitrogens is 1. The van der Waals surface area contributed by atoms with Crippen molar-refractivity contribution in [2.45, 2.75) is 32.6 Å². The summed E-state index contributed by atoms with van der Waals surface area (Å²) in [6, 6.07) is 5.58. The molecule has 0 spiro atoms. The smallest absolute Gasteiger partial charge is 0.253 e. The minimum atomic E-state index is 0.00315. The number of anilines is 1. The van der Waals surface area contributed by atoms with Crippen LogP contribution < -0.4 is 11.1 Å². The molecule has 0 unspecified atom stereocenters. The Bertz CT molecular complexity index is 640. The molecule has 4 heteroatoms. The number of nitrogens with one attached hydrogen (secondary N) is 2. The summed E-state index contributed by atoms with van der Waals surface area (Å²) in [6.45, 7) is 2.99. The summed E-state index contributed by atoms with van der Waals surface area (Å²) in [6.07, 6.45) is 6.63. The first-order valence-electron chi connectivity index (χ1n) is 7.28. The van der Waals surface area contributed by atoms with E-state index in [9.17, 15) is 4.79 Å². The van der Waals surface area contributed by atoms with Crippen LogP contribution in [0.3, 0.4) is 0 Å². The molecular formula is C16H21N3O. The second-order valence-corrected chi connectivity index (χ2v) is 5.94. The summed E-state index contributed by atoms with van der Waals surface area (Å²) in [7, 11) is 0. The molecule has 1 aliphatic rings. The Morgan fingerprint density at radius 1 is 1.45 bits per heavy atom. The molecule has 0 bridgehead atoms. The van der Waals surface area contributed by atoms with Crippen molar-refractivity contribution in [3.63, 3.8) is 0 Å². The number of carbonyl (C=O) groups excluding carboxylic acids is 1. The van der Waals surface area contributed by atoms with Gasteiger partial charge in [-0.2, -0.15) is 0 Å². The van der Waals surface area contributed by atoms with Crippen LogP contribution in [0, 0.1) is 5.41 Å². The van der Waals surface area contributed by atoms with Gasteiger partial charge in [0.15, 0.2) is 0 Å². The van der Waals surface area contributed by atoms with Crippen molar-refractivity contribution in [1.82, 2.24) is 10.3 Å². The number of hydrogen-bond acceptors (Lipinski definition) is 2. The zero-order valence-electron chi connectivity index (χ0n) is 11.8. The normalized spacial score (nSPS) is 16.2. The largest absolute Gasteiger partial charge is 0.399 e. The monoisotopic (exact) mass is 271 g/mol. The number of nitrogen functional groups attached to an aromatic ring is 1. The van der Waals surface area contributed by atoms with Gasteiger partial charge in [0, 0.05) is 29.3 Å². The third-order valence-electron chi connectivity index (χ3n) is 4.31. The number of nitrogens with two attached hydrogens (primary N) is 1. The van der Waals surface area contributed by atoms with Crippen molar-refractivity contribution in [1.29, 1.82) is 0 Å². The average Bonchev–Trinajstić information content (AvgIpc) is 3.07. The lowest BCUT2D eigenvalue weighted by atomic mass is 10.0. The van der Waals surface area contributed by atoms with Gasteiger partial charge in [-0.3, -0.25) is 4.79 Å². The topological polar surface area (TPSA) is 70.9 Å². The van der Waals surface area contributed by atoms with E-state index < -0.39 is 0 Å². The molecule has 1 amide bonds. The van der Waals surface area contributed by atoms with Crippen LogP contribution in [-0.4, -0.2) is 17.4 Å². The molecule has 0 saturated heterocycles. The molecule has 1 aromatic heterocycles. The average molecular weight is 271 g/mol. The van der Waals surface area contributed by atoms with E-state index in [0.717, 1.165) is 17.4 Å². The van der Waals surface area contributed by atoms with E-state index >= 15 is 0 Å². The Hall–Kier alpha value is -1.97. The Labute approximate surface area is 118 Å². The summed E-state index contributed by atoms with van der Waals surface area (Å²) < 4.78 is 0. The number of aromatic nitrogens is 1. The number of benzene rings is 1. The van der Waals surface area contributed by atoms with Crippen molar-refractivity contribution < 1.29 is 4.79 Å². The molecular weight excluding hydrogens is 250 g/mol. The van der Waals surface area contributed by atoms with Crippen LogP contribution in [0.1, 0.15) is 43.0 Å². The Balaban J connectivity index is 1.73. The second kappa shape index (κ2) is 4.85. The van der Waals surface area contributed by atoms with Gasteiger partial charge in [-0.25, -0.2) is 0 Å². The third kappa shape index (κ3) is 2.38. The minimum Gasteiger partial charge on any atom is -0.399 e. The van der Waals surface area contributed by atoms with Crippen molar-refractivity contribution in [3.8, 4) is 0 Å². The molecule has 1 heterocycles. The maximum atomic E-state index is 12.3. The van der Waals surface area contributed by atoms with Crippen LogP contribution >= 0.6 is 0 Å². The molecule has 3 rings (SSSR count). The summed E-state index contributed by atoms with van der Waals surface area (Å²) in [4.78, 5) is 15.4. The Kier molecular flexibility index (Phi) is 3.16. The third-order valence-corrected chi connectivity index (χ3v) is 4.31. The number of aromatic amines is 1. The van der Waals surface area contributed by atoms with Gasteiger partial charge in [0.2, 0.25) is 0 Å². The van der Waals surface area contributed by atoms with Crippen molar-refractivity contribution in [3.05, 3.63) is 30.0 Å². The molecule has 0 atom stereocenters. The minimum absolute atomic E-state index is 0.00315. The number of rotatable bonds is 5. The highest BCUT2D eigenvalue weighted by molar-refractivity contribution is 6.07. The van der Waals surface area contributed by atoms with Crippen LogP contribution in [0.2, 0.25) is 0 Å². The Morgan fingerprint density at radius 3 is 2.95 bits per heavy atom. The fourth-order valence-electron chi connectivity index (χ4n) is 2.92. The molecule has 4 nitrogen and oxygen atoms in total. The zero-order valence-corrected chi connectivity index (χ0v) is 11.8. The summed E-state index contributed by atoms with van der Waals surface area (Å²) in [5.74, 6) is 0.00315. The van der Waals surface area contributed by atoms with E-state index in [4.69, 9.17) is 5.73 Å². The lowest BCUT2D eigenvalue weighted by Gasteiger charge is -2.14. The maximum absolute atomic E-state index is 12.3. The van der Waals surface area contributed by atoms with Gasteiger partial charge in [0.05, 0.1) is 5.56 Å². The van der Waals surface area contributed by atoms with Crippen LogP contribution in [0.4, 0.5) is 5.69 Å². The second-order valence-electron chi connectivity index (χ2n) is 5.94. The first kappa shape index (κ1) is 13.0. The zero-order chi connectivity index (χ0) is 14.2. The number of carbonyl (C=O) groups is 1. The van der Waals surface area contributed by atoms with Crippen LogP contribution in [0.15, 0.2) is 24.4 Å². The van der Waals surface area contributed by atoms with Crippen LogP contribution in [0.25, 0.3) is 10.9 Å². The molecule has 0 radical (unpaired) electrons. The first-order valence-corrected chi connectivity index (χ1v) is 7.28. The highest BCUT2D eigenvalue weighted by atomic mass is 16.1. The highest BCUT2D eigenvalue weighted by Crippen LogP contribution is 2.48. The first-order chi connectivity index (χ1) is 9.63. The molecule has 1 aliphatic carbocycles. The quantitative estimate of drug-likeness (QED) is 0.731. The van der Waals surface area contributed by atoms with E-state index in [-0.39, 0.29) is 5.91 Å². The summed E-state index contributed by atoms with van der Waals surface area (Å²) in [5.41, 5.74) is 8.43. The van der Waals surface area contributed by atoms with Crippen LogP contribution in [-0.2, 0) is 0 Å². The molecule has 1 saturated carbocycles. The fraction of sp³-hybridized carbons (Fsp3) is 0.438.